The molecule has 2 fully saturated rings. The molecule has 3 N–H and O–H groups in total. The number of piperidine rings is 1. The van der Waals surface area contributed by atoms with Crippen LogP contribution in [0, 0.1) is 5.82 Å². The van der Waals surface area contributed by atoms with Crippen LogP contribution in [0.25, 0.3) is 0 Å². The number of rotatable bonds is 7. The number of hydrogen-bond donors (Lipinski definition) is 3. The number of carbonyl (C=O) groups is 4. The highest BCUT2D eigenvalue weighted by Gasteiger charge is 2.44. The third-order valence-electron chi connectivity index (χ3n) is 8.82. The van der Waals surface area contributed by atoms with Crippen LogP contribution in [0.5, 0.6) is 0 Å². The number of fused-ring (bicyclic) bond motifs is 1. The first-order valence-electron chi connectivity index (χ1n) is 14.9. The number of benzene rings is 2. The van der Waals surface area contributed by atoms with Crippen LogP contribution in [0.3, 0.4) is 0 Å². The molecule has 0 saturated carbocycles. The first-order chi connectivity index (χ1) is 21.1. The summed E-state index contributed by atoms with van der Waals surface area (Å²) in [6.45, 7) is 3.92. The van der Waals surface area contributed by atoms with Crippen LogP contribution in [0.2, 0.25) is 10.0 Å². The molecule has 13 heteroatoms. The van der Waals surface area contributed by atoms with Gasteiger partial charge in [0.2, 0.25) is 23.6 Å². The van der Waals surface area contributed by atoms with Crippen molar-refractivity contribution in [1.82, 2.24) is 25.3 Å². The Morgan fingerprint density at radius 1 is 0.955 bits per heavy atom. The Hall–Kier alpha value is -3.25. The normalized spacial score (nSPS) is 20.0. The fourth-order valence-corrected chi connectivity index (χ4v) is 6.35. The molecule has 44 heavy (non-hydrogen) atoms. The maximum Gasteiger partial charge on any atom is 0.250 e. The van der Waals surface area contributed by atoms with Crippen LogP contribution >= 0.6 is 23.2 Å². The van der Waals surface area contributed by atoms with E-state index in [0.717, 1.165) is 24.2 Å². The second kappa shape index (κ2) is 13.8. The number of hydrogen-bond acceptors (Lipinski definition) is 6. The fraction of sp³-hybridized carbons (Fsp3) is 0.484. The number of piperazine rings is 1. The largest absolute Gasteiger partial charge is 0.340 e. The van der Waals surface area contributed by atoms with Crippen molar-refractivity contribution >= 4 is 52.5 Å². The van der Waals surface area contributed by atoms with Gasteiger partial charge >= 0.3 is 0 Å². The number of carbonyl (C=O) groups excluding carboxylic acids is 4. The van der Waals surface area contributed by atoms with E-state index in [-0.39, 0.29) is 66.2 Å². The molecule has 0 radical (unpaired) electrons. The SMILES string of the molecule is CN1CCN(C(=O)CCC(=O)N2Cc3ccccc3C[C@H]2C(=O)NC2(C(=O)Nc3ccc(Cl)c(Cl)c3F)CCNCC2)CC1. The van der Waals surface area contributed by atoms with E-state index in [9.17, 15) is 23.6 Å². The lowest BCUT2D eigenvalue weighted by molar-refractivity contribution is -0.145. The van der Waals surface area contributed by atoms with Gasteiger partial charge in [-0.3, -0.25) is 19.2 Å². The number of anilines is 1. The lowest BCUT2D eigenvalue weighted by atomic mass is 9.85. The van der Waals surface area contributed by atoms with E-state index in [1.165, 1.54) is 17.0 Å². The molecule has 0 aromatic heterocycles. The molecular formula is C31H37Cl2FN6O4. The Balaban J connectivity index is 1.33. The number of halogens is 3. The van der Waals surface area contributed by atoms with Gasteiger partial charge in [-0.05, 0) is 56.2 Å². The van der Waals surface area contributed by atoms with Crippen molar-refractivity contribution in [3.63, 3.8) is 0 Å². The molecular weight excluding hydrogens is 610 g/mol. The van der Waals surface area contributed by atoms with E-state index in [1.807, 2.05) is 31.3 Å². The molecule has 3 aliphatic rings. The Kier molecular flexibility index (Phi) is 10.1. The monoisotopic (exact) mass is 646 g/mol. The van der Waals surface area contributed by atoms with Crippen molar-refractivity contribution in [3.8, 4) is 0 Å². The van der Waals surface area contributed by atoms with Crippen LogP contribution in [-0.2, 0) is 32.1 Å². The van der Waals surface area contributed by atoms with Gasteiger partial charge in [0.15, 0.2) is 5.82 Å². The molecule has 236 valence electrons. The van der Waals surface area contributed by atoms with Crippen LogP contribution < -0.4 is 16.0 Å². The van der Waals surface area contributed by atoms with Gasteiger partial charge in [-0.15, -0.1) is 0 Å². The molecule has 2 aromatic rings. The minimum absolute atomic E-state index is 0.0135. The van der Waals surface area contributed by atoms with Crippen LogP contribution in [-0.4, -0.2) is 96.2 Å². The number of amides is 4. The first kappa shape index (κ1) is 32.2. The Bertz CT molecular complexity index is 1430. The molecule has 0 unspecified atom stereocenters. The lowest BCUT2D eigenvalue weighted by Gasteiger charge is -2.41. The van der Waals surface area contributed by atoms with Gasteiger partial charge in [0.1, 0.15) is 11.6 Å². The molecule has 3 heterocycles. The zero-order valence-corrected chi connectivity index (χ0v) is 26.1. The van der Waals surface area contributed by atoms with E-state index in [0.29, 0.717) is 26.2 Å². The maximum atomic E-state index is 14.8. The molecule has 1 atom stereocenters. The van der Waals surface area contributed by atoms with Gasteiger partial charge < -0.3 is 30.7 Å². The molecule has 3 aliphatic heterocycles. The van der Waals surface area contributed by atoms with Gasteiger partial charge in [0.25, 0.3) is 0 Å². The van der Waals surface area contributed by atoms with E-state index < -0.39 is 29.2 Å². The summed E-state index contributed by atoms with van der Waals surface area (Å²) >= 11 is 11.9. The molecule has 0 aliphatic carbocycles. The minimum atomic E-state index is -1.36. The summed E-state index contributed by atoms with van der Waals surface area (Å²) < 4.78 is 14.8. The summed E-state index contributed by atoms with van der Waals surface area (Å²) in [7, 11) is 2.01. The average Bonchev–Trinajstić information content (AvgIpc) is 3.03. The summed E-state index contributed by atoms with van der Waals surface area (Å²) in [5, 5.41) is 8.44. The van der Waals surface area contributed by atoms with Gasteiger partial charge in [-0.2, -0.15) is 0 Å². The van der Waals surface area contributed by atoms with Crippen molar-refractivity contribution in [2.45, 2.75) is 50.2 Å². The summed E-state index contributed by atoms with van der Waals surface area (Å²) in [4.78, 5) is 59.7. The van der Waals surface area contributed by atoms with Gasteiger partial charge in [0, 0.05) is 52.0 Å². The van der Waals surface area contributed by atoms with Gasteiger partial charge in [-0.1, -0.05) is 47.5 Å². The van der Waals surface area contributed by atoms with Crippen molar-refractivity contribution in [1.29, 1.82) is 0 Å². The number of likely N-dealkylation sites (N-methyl/N-ethyl adjacent to an activating group) is 1. The second-order valence-electron chi connectivity index (χ2n) is 11.7. The summed E-state index contributed by atoms with van der Waals surface area (Å²) in [6.07, 6.45) is 0.803. The zero-order valence-electron chi connectivity index (χ0n) is 24.6. The quantitative estimate of drug-likeness (QED) is 0.399. The first-order valence-corrected chi connectivity index (χ1v) is 15.6. The van der Waals surface area contributed by atoms with Crippen LogP contribution in [0.15, 0.2) is 36.4 Å². The summed E-state index contributed by atoms with van der Waals surface area (Å²) in [5.74, 6) is -2.32. The van der Waals surface area contributed by atoms with Crippen molar-refractivity contribution < 1.29 is 23.6 Å². The number of nitrogens with zero attached hydrogens (tertiary/aromatic N) is 3. The summed E-state index contributed by atoms with van der Waals surface area (Å²) in [5.41, 5.74) is 0.362. The van der Waals surface area contributed by atoms with E-state index in [1.54, 1.807) is 4.90 Å². The Labute approximate surface area is 266 Å². The van der Waals surface area contributed by atoms with E-state index in [2.05, 4.69) is 20.9 Å². The molecule has 10 nitrogen and oxygen atoms in total. The maximum absolute atomic E-state index is 14.8. The topological polar surface area (TPSA) is 114 Å². The molecule has 2 aromatic carbocycles. The van der Waals surface area contributed by atoms with Crippen LogP contribution in [0.4, 0.5) is 10.1 Å². The molecule has 5 rings (SSSR count). The van der Waals surface area contributed by atoms with E-state index in [4.69, 9.17) is 23.2 Å². The Morgan fingerprint density at radius 2 is 1.61 bits per heavy atom. The standard InChI is InChI=1S/C31H37Cl2FN6O4/c1-38-14-16-39(17-15-38)25(41)8-9-26(42)40-19-21-5-3-2-4-20(21)18-24(40)29(43)37-31(10-12-35-13-11-31)30(44)36-23-7-6-22(32)27(33)28(23)34/h2-7,24,35H,8-19H2,1H3,(H,36,44)(H,37,43)/t24-/m0/s1. The third kappa shape index (κ3) is 7.01. The highest BCUT2D eigenvalue weighted by molar-refractivity contribution is 6.42. The lowest BCUT2D eigenvalue weighted by Crippen LogP contribution is -2.65. The average molecular weight is 648 g/mol. The predicted molar refractivity (Wildman–Crippen MR) is 166 cm³/mol. The highest BCUT2D eigenvalue weighted by Crippen LogP contribution is 2.32. The summed E-state index contributed by atoms with van der Waals surface area (Å²) in [6, 6.07) is 9.43. The number of nitrogens with one attached hydrogen (secondary N) is 3. The van der Waals surface area contributed by atoms with Crippen LogP contribution in [0.1, 0.15) is 36.8 Å². The van der Waals surface area contributed by atoms with E-state index >= 15 is 0 Å². The molecule has 2 saturated heterocycles. The smallest absolute Gasteiger partial charge is 0.250 e. The zero-order chi connectivity index (χ0) is 31.4. The predicted octanol–water partition coefficient (Wildman–Crippen LogP) is 2.82. The Morgan fingerprint density at radius 3 is 2.32 bits per heavy atom. The van der Waals surface area contributed by atoms with Crippen molar-refractivity contribution in [2.75, 3.05) is 51.6 Å². The van der Waals surface area contributed by atoms with Crippen molar-refractivity contribution in [2.24, 2.45) is 0 Å². The molecule has 0 bridgehead atoms. The molecule has 4 amide bonds. The molecule has 0 spiro atoms. The third-order valence-corrected chi connectivity index (χ3v) is 9.60. The van der Waals surface area contributed by atoms with Crippen molar-refractivity contribution in [3.05, 3.63) is 63.4 Å². The highest BCUT2D eigenvalue weighted by atomic mass is 35.5. The van der Waals surface area contributed by atoms with Gasteiger partial charge in [-0.25, -0.2) is 4.39 Å². The van der Waals surface area contributed by atoms with Gasteiger partial charge in [0.05, 0.1) is 15.7 Å². The second-order valence-corrected chi connectivity index (χ2v) is 12.5. The fourth-order valence-electron chi connectivity index (χ4n) is 6.04. The minimum Gasteiger partial charge on any atom is -0.340 e.